The van der Waals surface area contributed by atoms with E-state index in [1.54, 1.807) is 0 Å². The van der Waals surface area contributed by atoms with Gasteiger partial charge in [0.25, 0.3) is 0 Å². The molecule has 1 aliphatic heterocycles. The van der Waals surface area contributed by atoms with E-state index < -0.39 is 6.30 Å². The average Bonchev–Trinajstić information content (AvgIpc) is 2.08. The van der Waals surface area contributed by atoms with Gasteiger partial charge in [0.05, 0.1) is 0 Å². The fourth-order valence-electron chi connectivity index (χ4n) is 0.408. The first-order chi connectivity index (χ1) is 4.11. The summed E-state index contributed by atoms with van der Waals surface area (Å²) in [6.45, 7) is -0.159. The van der Waals surface area contributed by atoms with Crippen LogP contribution in [0.3, 0.4) is 0 Å². The van der Waals surface area contributed by atoms with Crippen LogP contribution in [0, 0.1) is 6.08 Å². The molecule has 0 atom stereocenters. The summed E-state index contributed by atoms with van der Waals surface area (Å²) < 4.78 is 35.1. The Balaban J connectivity index is 2.46. The van der Waals surface area contributed by atoms with E-state index in [1.807, 2.05) is 0 Å². The van der Waals surface area contributed by atoms with Crippen LogP contribution in [-0.2, 0) is 0 Å². The van der Waals surface area contributed by atoms with Crippen LogP contribution in [0.15, 0.2) is 5.41 Å². The summed E-state index contributed by atoms with van der Waals surface area (Å²) in [4.78, 5) is 0. The molecule has 1 radical (unpaired) electrons. The van der Waals surface area contributed by atoms with Crippen LogP contribution in [0.1, 0.15) is 0 Å². The van der Waals surface area contributed by atoms with E-state index in [2.05, 4.69) is 6.08 Å². The molecule has 0 fully saturated rings. The third-order valence-corrected chi connectivity index (χ3v) is 1.64. The van der Waals surface area contributed by atoms with Crippen LogP contribution in [0.2, 0.25) is 0 Å². The lowest BCUT2D eigenvalue weighted by molar-refractivity contribution is -0.203. The molecule has 0 unspecified atom stereocenters. The van der Waals surface area contributed by atoms with Crippen molar-refractivity contribution in [3.63, 3.8) is 0 Å². The van der Waals surface area contributed by atoms with E-state index in [0.717, 1.165) is 0 Å². The molecule has 5 heteroatoms. The Bertz CT molecular complexity index is 122. The van der Waals surface area contributed by atoms with Gasteiger partial charge in [-0.3, -0.25) is 0 Å². The molecule has 1 aliphatic rings. The van der Waals surface area contributed by atoms with Gasteiger partial charge >= 0.3 is 6.30 Å². The van der Waals surface area contributed by atoms with Crippen LogP contribution in [0.25, 0.3) is 0 Å². The van der Waals surface area contributed by atoms with E-state index >= 15 is 0 Å². The largest absolute Gasteiger partial charge is 0.470 e. The second-order valence-corrected chi connectivity index (χ2v) is 2.32. The summed E-state index contributed by atoms with van der Waals surface area (Å²) in [7, 11) is 0. The number of hydrogen-bond donors (Lipinski definition) is 0. The Labute approximate surface area is 54.7 Å². The van der Waals surface area contributed by atoms with Crippen LogP contribution >= 0.6 is 11.9 Å². The number of rotatable bonds is 0. The zero-order chi connectivity index (χ0) is 6.91. The molecule has 0 N–H and O–H groups in total. The molecule has 1 rings (SSSR count). The first-order valence-electron chi connectivity index (χ1n) is 2.17. The van der Waals surface area contributed by atoms with Crippen LogP contribution in [-0.4, -0.2) is 17.2 Å². The highest BCUT2D eigenvalue weighted by molar-refractivity contribution is 8.00. The van der Waals surface area contributed by atoms with E-state index in [4.69, 9.17) is 0 Å². The smallest absolute Gasteiger partial charge is 0.155 e. The van der Waals surface area contributed by atoms with Gasteiger partial charge in [0, 0.05) is 6.54 Å². The minimum absolute atomic E-state index is 0.159. The van der Waals surface area contributed by atoms with E-state index in [-0.39, 0.29) is 6.54 Å². The van der Waals surface area contributed by atoms with Crippen molar-refractivity contribution >= 4 is 11.9 Å². The van der Waals surface area contributed by atoms with Crippen molar-refractivity contribution in [2.75, 3.05) is 6.54 Å². The van der Waals surface area contributed by atoms with Crippen molar-refractivity contribution in [1.82, 2.24) is 4.31 Å². The molecule has 51 valence electrons. The van der Waals surface area contributed by atoms with Crippen LogP contribution in [0.5, 0.6) is 0 Å². The zero-order valence-electron chi connectivity index (χ0n) is 4.27. The van der Waals surface area contributed by atoms with Gasteiger partial charge in [-0.25, -0.2) is 0 Å². The Kier molecular flexibility index (Phi) is 1.72. The summed E-state index contributed by atoms with van der Waals surface area (Å²) in [5.74, 6) is 0. The number of hydrogen-bond acceptors (Lipinski definition) is 2. The average molecular weight is 154 g/mol. The molecule has 9 heavy (non-hydrogen) atoms. The predicted molar refractivity (Wildman–Crippen MR) is 28.2 cm³/mol. The molecule has 0 saturated heterocycles. The molecule has 0 spiro atoms. The highest BCUT2D eigenvalue weighted by Crippen LogP contribution is 2.31. The van der Waals surface area contributed by atoms with Crippen molar-refractivity contribution in [2.24, 2.45) is 0 Å². The fraction of sp³-hybridized carbons (Fsp3) is 0.500. The van der Waals surface area contributed by atoms with Crippen molar-refractivity contribution in [1.29, 1.82) is 0 Å². The van der Waals surface area contributed by atoms with Crippen LogP contribution in [0.4, 0.5) is 13.2 Å². The highest BCUT2D eigenvalue weighted by Gasteiger charge is 2.38. The summed E-state index contributed by atoms with van der Waals surface area (Å²) in [5.41, 5.74) is 0. The Morgan fingerprint density at radius 1 is 1.56 bits per heavy atom. The molecular formula is C4H3F3NS. The molecule has 0 aromatic carbocycles. The Hall–Kier alpha value is -0.160. The van der Waals surface area contributed by atoms with Crippen LogP contribution < -0.4 is 0 Å². The summed E-state index contributed by atoms with van der Waals surface area (Å²) in [6, 6.07) is 0. The third-order valence-electron chi connectivity index (χ3n) is 0.781. The quantitative estimate of drug-likeness (QED) is 0.386. The van der Waals surface area contributed by atoms with E-state index in [0.29, 0.717) is 16.3 Å². The van der Waals surface area contributed by atoms with Crippen molar-refractivity contribution in [3.05, 3.63) is 11.5 Å². The van der Waals surface area contributed by atoms with Crippen molar-refractivity contribution in [2.45, 2.75) is 6.30 Å². The van der Waals surface area contributed by atoms with Crippen molar-refractivity contribution < 1.29 is 13.2 Å². The van der Waals surface area contributed by atoms with Crippen molar-refractivity contribution in [3.8, 4) is 0 Å². The summed E-state index contributed by atoms with van der Waals surface area (Å²) >= 11 is 0.622. The van der Waals surface area contributed by atoms with Gasteiger partial charge in [0.1, 0.15) is 0 Å². The SMILES string of the molecule is FC(F)(F)N1C[C]=CS1. The second-order valence-electron chi connectivity index (χ2n) is 1.43. The van der Waals surface area contributed by atoms with E-state index in [9.17, 15) is 13.2 Å². The topological polar surface area (TPSA) is 3.24 Å². The highest BCUT2D eigenvalue weighted by atomic mass is 32.2. The lowest BCUT2D eigenvalue weighted by Crippen LogP contribution is -2.29. The lowest BCUT2D eigenvalue weighted by atomic mass is 10.6. The standard InChI is InChI=1S/C4H3F3NS/c5-4(6,7)8-2-1-3-9-8/h3H,2H2. The minimum Gasteiger partial charge on any atom is -0.155 e. The Morgan fingerprint density at radius 2 is 2.22 bits per heavy atom. The molecule has 1 nitrogen and oxygen atoms in total. The van der Waals surface area contributed by atoms with Gasteiger partial charge in [0.2, 0.25) is 0 Å². The molecule has 0 bridgehead atoms. The summed E-state index contributed by atoms with van der Waals surface area (Å²) in [5, 5.41) is 1.30. The lowest BCUT2D eigenvalue weighted by Gasteiger charge is -2.15. The maximum atomic E-state index is 11.6. The maximum absolute atomic E-state index is 11.6. The zero-order valence-corrected chi connectivity index (χ0v) is 5.09. The third kappa shape index (κ3) is 1.62. The Morgan fingerprint density at radius 3 is 2.44 bits per heavy atom. The minimum atomic E-state index is -4.22. The van der Waals surface area contributed by atoms with Gasteiger partial charge in [0.15, 0.2) is 0 Å². The maximum Gasteiger partial charge on any atom is 0.470 e. The first kappa shape index (κ1) is 6.95. The van der Waals surface area contributed by atoms with Gasteiger partial charge in [-0.15, -0.1) is 0 Å². The molecule has 0 saturated carbocycles. The summed E-state index contributed by atoms with van der Waals surface area (Å²) in [6.07, 6.45) is -1.79. The predicted octanol–water partition coefficient (Wildman–Crippen LogP) is 1.79. The molecular weight excluding hydrogens is 151 g/mol. The first-order valence-corrected chi connectivity index (χ1v) is 3.00. The van der Waals surface area contributed by atoms with Gasteiger partial charge in [-0.05, 0) is 23.4 Å². The second kappa shape index (κ2) is 2.22. The van der Waals surface area contributed by atoms with Gasteiger partial charge in [-0.2, -0.15) is 17.5 Å². The normalized spacial score (nSPS) is 21.2. The molecule has 0 amide bonds. The molecule has 0 aromatic rings. The molecule has 0 aliphatic carbocycles. The molecule has 1 heterocycles. The van der Waals surface area contributed by atoms with Gasteiger partial charge < -0.3 is 0 Å². The molecule has 0 aromatic heterocycles. The van der Waals surface area contributed by atoms with Gasteiger partial charge in [-0.1, -0.05) is 0 Å². The fourth-order valence-corrected chi connectivity index (χ4v) is 0.953. The number of halogens is 3. The van der Waals surface area contributed by atoms with E-state index in [1.165, 1.54) is 5.41 Å². The monoisotopic (exact) mass is 154 g/mol. The number of nitrogens with zero attached hydrogens (tertiary/aromatic N) is 1. The number of alkyl halides is 3.